The summed E-state index contributed by atoms with van der Waals surface area (Å²) in [5.74, 6) is 0.937. The van der Waals surface area contributed by atoms with Crippen molar-refractivity contribution in [2.75, 3.05) is 26.9 Å². The van der Waals surface area contributed by atoms with Crippen LogP contribution in [0.4, 0.5) is 0 Å². The van der Waals surface area contributed by atoms with Crippen molar-refractivity contribution in [3.63, 3.8) is 0 Å². The molecular weight excluding hydrogens is 434 g/mol. The lowest BCUT2D eigenvalue weighted by Gasteiger charge is -2.14. The smallest absolute Gasteiger partial charge is 0.305 e. The summed E-state index contributed by atoms with van der Waals surface area (Å²) in [5.41, 5.74) is 0.835. The number of carbonyl (C=O) groups excluding carboxylic acids is 2. The summed E-state index contributed by atoms with van der Waals surface area (Å²) in [5, 5.41) is 0. The first-order valence-corrected chi connectivity index (χ1v) is 11.9. The summed E-state index contributed by atoms with van der Waals surface area (Å²) < 4.78 is 16.8. The number of carbonyl (C=O) groups is 2. The Balaban J connectivity index is 1.97. The number of hydrogen-bond donors (Lipinski definition) is 0. The van der Waals surface area contributed by atoms with Crippen LogP contribution in [0.25, 0.3) is 6.08 Å². The molecule has 1 aliphatic heterocycles. The van der Waals surface area contributed by atoms with Crippen molar-refractivity contribution in [1.29, 1.82) is 0 Å². The fraction of sp³-hybridized carbons (Fsp3) is 0.522. The van der Waals surface area contributed by atoms with Gasteiger partial charge in [0.25, 0.3) is 5.91 Å². The molecule has 31 heavy (non-hydrogen) atoms. The molecule has 2 rings (SSSR count). The van der Waals surface area contributed by atoms with Gasteiger partial charge in [-0.05, 0) is 43.0 Å². The zero-order valence-corrected chi connectivity index (χ0v) is 20.1. The molecule has 0 radical (unpaired) electrons. The maximum Gasteiger partial charge on any atom is 0.305 e. The monoisotopic (exact) mass is 465 g/mol. The standard InChI is InChI=1S/C23H31NO5S2/c1-4-6-7-14-28-18-11-10-17(15-19(18)27-3)16-20-22(26)24(23(30)31-20)12-8-9-21(25)29-13-5-2/h10-11,15-16H,4-9,12-14H2,1-3H3/b20-16-. The molecule has 1 aromatic rings. The highest BCUT2D eigenvalue weighted by molar-refractivity contribution is 8.26. The molecule has 0 aromatic heterocycles. The lowest BCUT2D eigenvalue weighted by Crippen LogP contribution is -2.29. The lowest BCUT2D eigenvalue weighted by molar-refractivity contribution is -0.144. The minimum absolute atomic E-state index is 0.143. The van der Waals surface area contributed by atoms with Crippen molar-refractivity contribution >= 4 is 46.3 Å². The highest BCUT2D eigenvalue weighted by atomic mass is 32.2. The third-order valence-electron chi connectivity index (χ3n) is 4.59. The van der Waals surface area contributed by atoms with Crippen molar-refractivity contribution in [1.82, 2.24) is 4.90 Å². The molecule has 1 saturated heterocycles. The van der Waals surface area contributed by atoms with Gasteiger partial charge < -0.3 is 14.2 Å². The van der Waals surface area contributed by atoms with Crippen molar-refractivity contribution in [2.24, 2.45) is 0 Å². The average Bonchev–Trinajstić information content (AvgIpc) is 3.03. The van der Waals surface area contributed by atoms with Crippen LogP contribution in [0.5, 0.6) is 11.5 Å². The molecule has 8 heteroatoms. The number of unbranched alkanes of at least 4 members (excludes halogenated alkanes) is 2. The van der Waals surface area contributed by atoms with Crippen LogP contribution in [0.3, 0.4) is 0 Å². The molecule has 0 unspecified atom stereocenters. The van der Waals surface area contributed by atoms with Crippen LogP contribution in [0.15, 0.2) is 23.1 Å². The number of thioether (sulfide) groups is 1. The summed E-state index contributed by atoms with van der Waals surface area (Å²) in [6.45, 7) is 5.57. The van der Waals surface area contributed by atoms with Gasteiger partial charge in [-0.3, -0.25) is 14.5 Å². The van der Waals surface area contributed by atoms with Gasteiger partial charge in [0.05, 0.1) is 25.2 Å². The van der Waals surface area contributed by atoms with Crippen LogP contribution < -0.4 is 9.47 Å². The van der Waals surface area contributed by atoms with Crippen LogP contribution in [-0.4, -0.2) is 48.0 Å². The second kappa shape index (κ2) is 13.4. The van der Waals surface area contributed by atoms with Gasteiger partial charge in [0.15, 0.2) is 11.5 Å². The zero-order valence-electron chi connectivity index (χ0n) is 18.5. The summed E-state index contributed by atoms with van der Waals surface area (Å²) in [7, 11) is 1.60. The number of hydrogen-bond acceptors (Lipinski definition) is 7. The first-order valence-electron chi connectivity index (χ1n) is 10.7. The molecule has 0 atom stereocenters. The van der Waals surface area contributed by atoms with Crippen LogP contribution in [0.1, 0.15) is 57.9 Å². The quantitative estimate of drug-likeness (QED) is 0.172. The highest BCUT2D eigenvalue weighted by Gasteiger charge is 2.31. The maximum absolute atomic E-state index is 12.8. The molecule has 0 bridgehead atoms. The van der Waals surface area contributed by atoms with Gasteiger partial charge in [0, 0.05) is 13.0 Å². The molecule has 0 N–H and O–H groups in total. The fourth-order valence-corrected chi connectivity index (χ4v) is 4.25. The van der Waals surface area contributed by atoms with Crippen LogP contribution in [0, 0.1) is 0 Å². The summed E-state index contributed by atoms with van der Waals surface area (Å²) in [4.78, 5) is 26.5. The van der Waals surface area contributed by atoms with Crippen molar-refractivity contribution in [3.8, 4) is 11.5 Å². The molecule has 1 aromatic carbocycles. The number of thiocarbonyl (C=S) groups is 1. The number of nitrogens with zero attached hydrogens (tertiary/aromatic N) is 1. The number of rotatable bonds is 13. The largest absolute Gasteiger partial charge is 0.493 e. The van der Waals surface area contributed by atoms with Gasteiger partial charge in [0.2, 0.25) is 0 Å². The third kappa shape index (κ3) is 7.85. The molecule has 6 nitrogen and oxygen atoms in total. The maximum atomic E-state index is 12.8. The molecule has 1 aliphatic rings. The van der Waals surface area contributed by atoms with Crippen LogP contribution in [0.2, 0.25) is 0 Å². The van der Waals surface area contributed by atoms with Gasteiger partial charge in [0.1, 0.15) is 4.32 Å². The van der Waals surface area contributed by atoms with Crippen molar-refractivity contribution < 1.29 is 23.8 Å². The Labute approximate surface area is 194 Å². The summed E-state index contributed by atoms with van der Waals surface area (Å²) in [6.07, 6.45) is 6.65. The third-order valence-corrected chi connectivity index (χ3v) is 5.97. The molecule has 0 spiro atoms. The number of ether oxygens (including phenoxy) is 3. The van der Waals surface area contributed by atoms with E-state index in [-0.39, 0.29) is 18.3 Å². The van der Waals surface area contributed by atoms with Gasteiger partial charge in [-0.1, -0.05) is 56.7 Å². The normalized spacial score (nSPS) is 14.9. The van der Waals surface area contributed by atoms with E-state index < -0.39 is 0 Å². The average molecular weight is 466 g/mol. The Kier molecular flexibility index (Phi) is 10.9. The first kappa shape index (κ1) is 25.2. The van der Waals surface area contributed by atoms with E-state index in [0.29, 0.717) is 46.9 Å². The van der Waals surface area contributed by atoms with Gasteiger partial charge in [-0.15, -0.1) is 0 Å². The second-order valence-electron chi connectivity index (χ2n) is 7.12. The van der Waals surface area contributed by atoms with E-state index in [1.807, 2.05) is 25.1 Å². The molecule has 1 amide bonds. The summed E-state index contributed by atoms with van der Waals surface area (Å²) in [6, 6.07) is 5.61. The Morgan fingerprint density at radius 2 is 1.94 bits per heavy atom. The minimum Gasteiger partial charge on any atom is -0.493 e. The topological polar surface area (TPSA) is 65.1 Å². The van der Waals surface area contributed by atoms with Crippen LogP contribution >= 0.6 is 24.0 Å². The predicted molar refractivity (Wildman–Crippen MR) is 128 cm³/mol. The van der Waals surface area contributed by atoms with E-state index in [9.17, 15) is 9.59 Å². The van der Waals surface area contributed by atoms with E-state index in [1.165, 1.54) is 11.8 Å². The van der Waals surface area contributed by atoms with Crippen molar-refractivity contribution in [3.05, 3.63) is 28.7 Å². The summed E-state index contributed by atoms with van der Waals surface area (Å²) >= 11 is 6.63. The zero-order chi connectivity index (χ0) is 22.6. The SMILES string of the molecule is CCCCCOc1ccc(/C=C2\SC(=S)N(CCCC(=O)OCCC)C2=O)cc1OC. The Morgan fingerprint density at radius 3 is 2.65 bits per heavy atom. The van der Waals surface area contributed by atoms with Gasteiger partial charge >= 0.3 is 5.97 Å². The molecule has 0 saturated carbocycles. The van der Waals surface area contributed by atoms with Gasteiger partial charge in [-0.25, -0.2) is 0 Å². The van der Waals surface area contributed by atoms with Gasteiger partial charge in [-0.2, -0.15) is 0 Å². The predicted octanol–water partition coefficient (Wildman–Crippen LogP) is 5.20. The number of methoxy groups -OCH3 is 1. The van der Waals surface area contributed by atoms with E-state index in [0.717, 1.165) is 31.2 Å². The minimum atomic E-state index is -0.244. The van der Waals surface area contributed by atoms with Crippen LogP contribution in [-0.2, 0) is 14.3 Å². The Morgan fingerprint density at radius 1 is 1.13 bits per heavy atom. The molecule has 0 aliphatic carbocycles. The fourth-order valence-electron chi connectivity index (χ4n) is 2.94. The second-order valence-corrected chi connectivity index (χ2v) is 8.80. The van der Waals surface area contributed by atoms with E-state index >= 15 is 0 Å². The molecule has 170 valence electrons. The molecular formula is C23H31NO5S2. The number of amides is 1. The van der Waals surface area contributed by atoms with E-state index in [2.05, 4.69) is 6.92 Å². The van der Waals surface area contributed by atoms with E-state index in [1.54, 1.807) is 18.1 Å². The highest BCUT2D eigenvalue weighted by Crippen LogP contribution is 2.35. The Hall–Kier alpha value is -2.06. The van der Waals surface area contributed by atoms with Crippen molar-refractivity contribution in [2.45, 2.75) is 52.4 Å². The Bertz CT molecular complexity index is 809. The molecule has 1 heterocycles. The lowest BCUT2D eigenvalue weighted by atomic mass is 10.1. The number of benzene rings is 1. The first-order chi connectivity index (χ1) is 15.0. The number of esters is 1. The molecule has 1 fully saturated rings. The van der Waals surface area contributed by atoms with E-state index in [4.69, 9.17) is 26.4 Å².